The highest BCUT2D eigenvalue weighted by molar-refractivity contribution is 5.77. The van der Waals surface area contributed by atoms with Crippen LogP contribution in [0.3, 0.4) is 0 Å². The number of likely N-dealkylation sites (N-methyl/N-ethyl adjacent to an activating group) is 1. The Morgan fingerprint density at radius 3 is 2.24 bits per heavy atom. The van der Waals surface area contributed by atoms with Crippen LogP contribution < -0.4 is 14.4 Å². The number of rotatable bonds is 4. The molecule has 0 radical (unpaired) electrons. The molecular formula is C27H26N4O2. The van der Waals surface area contributed by atoms with Crippen LogP contribution in [0, 0.1) is 0 Å². The molecule has 0 saturated carbocycles. The third kappa shape index (κ3) is 3.72. The summed E-state index contributed by atoms with van der Waals surface area (Å²) in [5.74, 6) is 1.60. The van der Waals surface area contributed by atoms with Crippen molar-refractivity contribution >= 4 is 5.69 Å². The topological polar surface area (TPSA) is 42.8 Å². The Bertz CT molecular complexity index is 1260. The molecule has 6 heteroatoms. The number of fused-ring (bicyclic) bond motifs is 1. The number of nitrogens with zero attached hydrogens (tertiary/aromatic N) is 4. The minimum absolute atomic E-state index is 0.287. The van der Waals surface area contributed by atoms with Gasteiger partial charge in [-0.2, -0.15) is 5.10 Å². The van der Waals surface area contributed by atoms with Crippen LogP contribution in [0.25, 0.3) is 28.1 Å². The summed E-state index contributed by atoms with van der Waals surface area (Å²) < 4.78 is 13.0. The lowest BCUT2D eigenvalue weighted by molar-refractivity contribution is 0.174. The predicted molar refractivity (Wildman–Crippen MR) is 130 cm³/mol. The first-order chi connectivity index (χ1) is 16.3. The van der Waals surface area contributed by atoms with Crippen LogP contribution in [-0.4, -0.2) is 54.7 Å². The van der Waals surface area contributed by atoms with E-state index < -0.39 is 0 Å². The Kier molecular flexibility index (Phi) is 5.00. The van der Waals surface area contributed by atoms with Crippen molar-refractivity contribution in [1.29, 1.82) is 0 Å². The highest BCUT2D eigenvalue weighted by atomic mass is 16.7. The summed E-state index contributed by atoms with van der Waals surface area (Å²) in [6.07, 6.45) is 2.01. The molecular weight excluding hydrogens is 412 g/mol. The molecule has 0 atom stereocenters. The number of aromatic nitrogens is 2. The Morgan fingerprint density at radius 1 is 0.727 bits per heavy atom. The van der Waals surface area contributed by atoms with Crippen molar-refractivity contribution in [1.82, 2.24) is 14.7 Å². The molecule has 1 fully saturated rings. The van der Waals surface area contributed by atoms with E-state index in [1.54, 1.807) is 0 Å². The Hall–Kier alpha value is -3.77. The maximum Gasteiger partial charge on any atom is 0.231 e. The van der Waals surface area contributed by atoms with Gasteiger partial charge in [0.15, 0.2) is 11.5 Å². The van der Waals surface area contributed by atoms with E-state index >= 15 is 0 Å². The van der Waals surface area contributed by atoms with Gasteiger partial charge < -0.3 is 19.3 Å². The molecule has 0 spiro atoms. The number of hydrogen-bond acceptors (Lipinski definition) is 5. The first-order valence-electron chi connectivity index (χ1n) is 11.3. The Balaban J connectivity index is 1.37. The molecule has 2 aliphatic heterocycles. The van der Waals surface area contributed by atoms with E-state index in [0.29, 0.717) is 0 Å². The fourth-order valence-electron chi connectivity index (χ4n) is 4.55. The standard InChI is InChI=1S/C27H26N4O2/c1-29-13-15-30(16-14-29)24-18-28-31(27(24)21-5-3-2-4-6-21)23-10-7-20(8-11-23)22-9-12-25-26(17-22)33-19-32-25/h2-12,17-18H,13-16,19H2,1H3. The highest BCUT2D eigenvalue weighted by Gasteiger charge is 2.22. The second kappa shape index (κ2) is 8.30. The van der Waals surface area contributed by atoms with Crippen LogP contribution in [0.2, 0.25) is 0 Å². The normalized spacial score (nSPS) is 15.7. The smallest absolute Gasteiger partial charge is 0.231 e. The molecule has 166 valence electrons. The quantitative estimate of drug-likeness (QED) is 0.463. The van der Waals surface area contributed by atoms with Gasteiger partial charge in [0.2, 0.25) is 6.79 Å². The highest BCUT2D eigenvalue weighted by Crippen LogP contribution is 2.37. The van der Waals surface area contributed by atoms with E-state index in [9.17, 15) is 0 Å². The third-order valence-corrected chi connectivity index (χ3v) is 6.46. The summed E-state index contributed by atoms with van der Waals surface area (Å²) in [4.78, 5) is 4.82. The number of hydrogen-bond donors (Lipinski definition) is 0. The van der Waals surface area contributed by atoms with Crippen LogP contribution in [-0.2, 0) is 0 Å². The van der Waals surface area contributed by atoms with Crippen LogP contribution >= 0.6 is 0 Å². The number of ether oxygens (including phenoxy) is 2. The Morgan fingerprint density at radius 2 is 1.45 bits per heavy atom. The lowest BCUT2D eigenvalue weighted by Gasteiger charge is -2.34. The van der Waals surface area contributed by atoms with Crippen molar-refractivity contribution in [3.8, 4) is 39.6 Å². The van der Waals surface area contributed by atoms with Crippen LogP contribution in [0.4, 0.5) is 5.69 Å². The van der Waals surface area contributed by atoms with Crippen molar-refractivity contribution in [2.75, 3.05) is 44.9 Å². The number of piperazine rings is 1. The van der Waals surface area contributed by atoms with Gasteiger partial charge in [-0.05, 0) is 42.4 Å². The monoisotopic (exact) mass is 438 g/mol. The van der Waals surface area contributed by atoms with Gasteiger partial charge in [0, 0.05) is 31.7 Å². The molecule has 0 unspecified atom stereocenters. The lowest BCUT2D eigenvalue weighted by Crippen LogP contribution is -2.44. The SMILES string of the molecule is CN1CCN(c2cnn(-c3ccc(-c4ccc5c(c4)OCO5)cc3)c2-c2ccccc2)CC1. The summed E-state index contributed by atoms with van der Waals surface area (Å²) in [6, 6.07) is 25.2. The first-order valence-corrected chi connectivity index (χ1v) is 11.3. The van der Waals surface area contributed by atoms with E-state index in [4.69, 9.17) is 14.6 Å². The fourth-order valence-corrected chi connectivity index (χ4v) is 4.55. The van der Waals surface area contributed by atoms with Crippen LogP contribution in [0.15, 0.2) is 79.0 Å². The second-order valence-corrected chi connectivity index (χ2v) is 8.56. The van der Waals surface area contributed by atoms with Crippen molar-refractivity contribution in [3.05, 3.63) is 79.0 Å². The molecule has 4 aromatic rings. The van der Waals surface area contributed by atoms with Gasteiger partial charge in [-0.25, -0.2) is 4.68 Å². The van der Waals surface area contributed by atoms with Crippen LogP contribution in [0.1, 0.15) is 0 Å². The molecule has 33 heavy (non-hydrogen) atoms. The van der Waals surface area contributed by atoms with E-state index in [1.165, 1.54) is 11.3 Å². The van der Waals surface area contributed by atoms with Gasteiger partial charge in [0.1, 0.15) is 0 Å². The second-order valence-electron chi connectivity index (χ2n) is 8.56. The summed E-state index contributed by atoms with van der Waals surface area (Å²) in [7, 11) is 2.18. The van der Waals surface area contributed by atoms with Crippen molar-refractivity contribution in [2.24, 2.45) is 0 Å². The fraction of sp³-hybridized carbons (Fsp3) is 0.222. The molecule has 0 bridgehead atoms. The van der Waals surface area contributed by atoms with Gasteiger partial charge in [-0.1, -0.05) is 48.5 Å². The Labute approximate surface area is 193 Å². The molecule has 2 aliphatic rings. The molecule has 6 rings (SSSR count). The lowest BCUT2D eigenvalue weighted by atomic mass is 10.0. The van der Waals surface area contributed by atoms with Gasteiger partial charge in [0.25, 0.3) is 0 Å². The molecule has 0 aliphatic carbocycles. The third-order valence-electron chi connectivity index (χ3n) is 6.46. The van der Waals surface area contributed by atoms with Gasteiger partial charge in [-0.3, -0.25) is 0 Å². The van der Waals surface area contributed by atoms with Gasteiger partial charge in [0.05, 0.1) is 23.3 Å². The molecule has 6 nitrogen and oxygen atoms in total. The average Bonchev–Trinajstić information content (AvgIpc) is 3.52. The number of anilines is 1. The molecule has 1 saturated heterocycles. The molecule has 1 aromatic heterocycles. The average molecular weight is 439 g/mol. The zero-order chi connectivity index (χ0) is 22.2. The summed E-state index contributed by atoms with van der Waals surface area (Å²) >= 11 is 0. The summed E-state index contributed by atoms with van der Waals surface area (Å²) in [5.41, 5.74) is 6.77. The maximum absolute atomic E-state index is 5.54. The van der Waals surface area contributed by atoms with Gasteiger partial charge >= 0.3 is 0 Å². The summed E-state index contributed by atoms with van der Waals surface area (Å²) in [6.45, 7) is 4.42. The van der Waals surface area contributed by atoms with E-state index in [2.05, 4.69) is 82.2 Å². The zero-order valence-electron chi connectivity index (χ0n) is 18.6. The zero-order valence-corrected chi connectivity index (χ0v) is 18.6. The van der Waals surface area contributed by atoms with Crippen molar-refractivity contribution < 1.29 is 9.47 Å². The molecule has 3 heterocycles. The minimum Gasteiger partial charge on any atom is -0.454 e. The van der Waals surface area contributed by atoms with E-state index in [1.807, 2.05) is 18.3 Å². The minimum atomic E-state index is 0.287. The summed E-state index contributed by atoms with van der Waals surface area (Å²) in [5, 5.41) is 4.83. The number of benzene rings is 3. The first kappa shape index (κ1) is 19.9. The van der Waals surface area contributed by atoms with Crippen molar-refractivity contribution in [2.45, 2.75) is 0 Å². The van der Waals surface area contributed by atoms with E-state index in [0.717, 1.165) is 60.2 Å². The predicted octanol–water partition coefficient (Wildman–Crippen LogP) is 4.69. The van der Waals surface area contributed by atoms with Crippen molar-refractivity contribution in [3.63, 3.8) is 0 Å². The molecule has 0 N–H and O–H groups in total. The largest absolute Gasteiger partial charge is 0.454 e. The molecule has 3 aromatic carbocycles. The molecule has 0 amide bonds. The van der Waals surface area contributed by atoms with Gasteiger partial charge in [-0.15, -0.1) is 0 Å². The van der Waals surface area contributed by atoms with Crippen LogP contribution in [0.5, 0.6) is 11.5 Å². The van der Waals surface area contributed by atoms with E-state index in [-0.39, 0.29) is 6.79 Å². The maximum atomic E-state index is 5.54.